The Balaban J connectivity index is 2.68. The zero-order valence-corrected chi connectivity index (χ0v) is 10.7. The van der Waals surface area contributed by atoms with Crippen molar-refractivity contribution in [1.82, 2.24) is 0 Å². The van der Waals surface area contributed by atoms with Gasteiger partial charge in [-0.15, -0.1) is 0 Å². The first-order chi connectivity index (χ1) is 6.05. The minimum atomic E-state index is 0.255. The van der Waals surface area contributed by atoms with Crippen LogP contribution in [0.5, 0.6) is 0 Å². The number of benzene rings is 1. The zero-order chi connectivity index (χ0) is 9.64. The van der Waals surface area contributed by atoms with Crippen molar-refractivity contribution >= 4 is 42.7 Å². The molecule has 0 aliphatic carbocycles. The van der Waals surface area contributed by atoms with E-state index in [9.17, 15) is 0 Å². The number of fused-ring (bicyclic) bond motifs is 1. The maximum absolute atomic E-state index is 2.34. The van der Waals surface area contributed by atoms with Crippen molar-refractivity contribution in [3.8, 4) is 0 Å². The van der Waals surface area contributed by atoms with Crippen LogP contribution in [0.4, 0.5) is 5.69 Å². The molecule has 1 aliphatic heterocycles. The SMILES string of the molecule is CN1[C](=[Ca])C(C)(C)c2ccccc21. The standard InChI is InChI=1S/C11H13N.Ca/c1-11(2)8-12(3)10-7-5-4-6-9(10)11;/h4-7H,1-3H3;. The van der Waals surface area contributed by atoms with Gasteiger partial charge in [0.25, 0.3) is 0 Å². The minimum absolute atomic E-state index is 0.255. The molecule has 1 heterocycles. The molecule has 2 rings (SSSR count). The van der Waals surface area contributed by atoms with Gasteiger partial charge in [0.1, 0.15) is 0 Å². The Kier molecular flexibility index (Phi) is 2.30. The van der Waals surface area contributed by atoms with Crippen LogP contribution in [0.25, 0.3) is 0 Å². The van der Waals surface area contributed by atoms with Gasteiger partial charge in [0.05, 0.1) is 0 Å². The van der Waals surface area contributed by atoms with Gasteiger partial charge in [-0.25, -0.2) is 0 Å². The van der Waals surface area contributed by atoms with Crippen LogP contribution in [0.3, 0.4) is 0 Å². The molecule has 0 unspecified atom stereocenters. The number of rotatable bonds is 0. The predicted octanol–water partition coefficient (Wildman–Crippen LogP) is 1.71. The molecule has 64 valence electrons. The molecular formula is C11H13CaN. The Morgan fingerprint density at radius 1 is 1.23 bits per heavy atom. The molecule has 1 aromatic rings. The van der Waals surface area contributed by atoms with E-state index in [0.717, 1.165) is 0 Å². The topological polar surface area (TPSA) is 3.24 Å². The van der Waals surface area contributed by atoms with Crippen LogP contribution in [-0.4, -0.2) is 44.0 Å². The molecule has 1 aromatic carbocycles. The molecule has 1 nitrogen and oxygen atoms in total. The molecule has 2 heteroatoms. The second-order valence-electron chi connectivity index (χ2n) is 4.15. The molecule has 0 aromatic heterocycles. The third-order valence-corrected chi connectivity index (χ3v) is 5.19. The monoisotopic (exact) mass is 199 g/mol. The summed E-state index contributed by atoms with van der Waals surface area (Å²) >= 11 is 1.25. The van der Waals surface area contributed by atoms with Crippen LogP contribution in [0.2, 0.25) is 0 Å². The summed E-state index contributed by atoms with van der Waals surface area (Å²) < 4.78 is 1.55. The van der Waals surface area contributed by atoms with Crippen molar-refractivity contribution in [3.63, 3.8) is 0 Å². The van der Waals surface area contributed by atoms with Crippen LogP contribution in [0.15, 0.2) is 24.3 Å². The summed E-state index contributed by atoms with van der Waals surface area (Å²) in [5.41, 5.74) is 3.11. The van der Waals surface area contributed by atoms with Gasteiger partial charge in [0, 0.05) is 0 Å². The van der Waals surface area contributed by atoms with Crippen LogP contribution in [-0.2, 0) is 5.41 Å². The van der Waals surface area contributed by atoms with Crippen molar-refractivity contribution < 1.29 is 0 Å². The van der Waals surface area contributed by atoms with Gasteiger partial charge in [-0.1, -0.05) is 0 Å². The van der Waals surface area contributed by atoms with E-state index in [1.807, 2.05) is 0 Å². The van der Waals surface area contributed by atoms with Crippen molar-refractivity contribution in [2.45, 2.75) is 19.3 Å². The fourth-order valence-electron chi connectivity index (χ4n) is 2.01. The summed E-state index contributed by atoms with van der Waals surface area (Å²) in [6, 6.07) is 8.70. The Bertz CT molecular complexity index is 368. The Hall–Kier alpha value is 0.150. The van der Waals surface area contributed by atoms with E-state index in [0.29, 0.717) is 0 Å². The molecule has 0 spiro atoms. The summed E-state index contributed by atoms with van der Waals surface area (Å²) in [4.78, 5) is 2.34. The maximum atomic E-state index is 2.34. The Morgan fingerprint density at radius 2 is 1.85 bits per heavy atom. The molecule has 0 radical (unpaired) electrons. The molecule has 0 fully saturated rings. The molecule has 0 bridgehead atoms. The second-order valence-corrected chi connectivity index (χ2v) is 5.19. The van der Waals surface area contributed by atoms with Crippen LogP contribution in [0, 0.1) is 0 Å². The summed E-state index contributed by atoms with van der Waals surface area (Å²) in [5.74, 6) is 0. The van der Waals surface area contributed by atoms with E-state index in [2.05, 4.69) is 50.1 Å². The van der Waals surface area contributed by atoms with Crippen molar-refractivity contribution in [2.75, 3.05) is 11.9 Å². The van der Waals surface area contributed by atoms with Crippen molar-refractivity contribution in [1.29, 1.82) is 0 Å². The molecule has 1 aliphatic rings. The van der Waals surface area contributed by atoms with E-state index in [-0.39, 0.29) is 5.41 Å². The third-order valence-electron chi connectivity index (χ3n) is 3.07. The van der Waals surface area contributed by atoms with E-state index in [1.165, 1.54) is 46.5 Å². The summed E-state index contributed by atoms with van der Waals surface area (Å²) in [6.07, 6.45) is 0. The number of hydrogen-bond acceptors (Lipinski definition) is 1. The number of likely N-dealkylation sites (N-methyl/N-ethyl adjacent to an activating group) is 1. The van der Waals surface area contributed by atoms with Gasteiger partial charge in [0.2, 0.25) is 0 Å². The number of anilines is 1. The predicted molar refractivity (Wildman–Crippen MR) is 58.6 cm³/mol. The van der Waals surface area contributed by atoms with Crippen molar-refractivity contribution in [2.24, 2.45) is 0 Å². The number of hydrogen-bond donors (Lipinski definition) is 0. The fraction of sp³-hybridized carbons (Fsp3) is 0.364. The molecule has 0 atom stereocenters. The Labute approximate surface area is 103 Å². The molecular weight excluding hydrogens is 186 g/mol. The van der Waals surface area contributed by atoms with E-state index < -0.39 is 0 Å². The first-order valence-electron chi connectivity index (χ1n) is 4.58. The molecule has 0 saturated carbocycles. The van der Waals surface area contributed by atoms with Gasteiger partial charge in [0.15, 0.2) is 0 Å². The van der Waals surface area contributed by atoms with Gasteiger partial charge in [-0.3, -0.25) is 0 Å². The van der Waals surface area contributed by atoms with Gasteiger partial charge in [-0.2, -0.15) is 0 Å². The number of para-hydroxylation sites is 1. The normalized spacial score (nSPS) is 19.2. The zero-order valence-electron chi connectivity index (χ0n) is 8.46. The Morgan fingerprint density at radius 3 is 2.46 bits per heavy atom. The summed E-state index contributed by atoms with van der Waals surface area (Å²) in [5, 5.41) is 0. The van der Waals surface area contributed by atoms with Gasteiger partial charge >= 0.3 is 104 Å². The summed E-state index contributed by atoms with van der Waals surface area (Å²) in [7, 11) is 2.17. The van der Waals surface area contributed by atoms with E-state index in [1.54, 1.807) is 1.70 Å². The van der Waals surface area contributed by atoms with Gasteiger partial charge < -0.3 is 0 Å². The summed E-state index contributed by atoms with van der Waals surface area (Å²) in [6.45, 7) is 4.63. The fourth-order valence-corrected chi connectivity index (χ4v) is 2.58. The molecule has 13 heavy (non-hydrogen) atoms. The quantitative estimate of drug-likeness (QED) is 0.575. The van der Waals surface area contributed by atoms with Crippen LogP contribution in [0.1, 0.15) is 19.4 Å². The van der Waals surface area contributed by atoms with Crippen LogP contribution < -0.4 is 4.90 Å². The van der Waals surface area contributed by atoms with Crippen molar-refractivity contribution in [3.05, 3.63) is 29.8 Å². The first kappa shape index (κ1) is 9.70. The second kappa shape index (κ2) is 3.08. The van der Waals surface area contributed by atoms with Gasteiger partial charge in [-0.05, 0) is 0 Å². The molecule has 0 N–H and O–H groups in total. The molecule has 0 amide bonds. The van der Waals surface area contributed by atoms with E-state index >= 15 is 0 Å². The average Bonchev–Trinajstić information content (AvgIpc) is 2.30. The molecule has 0 saturated heterocycles. The average molecular weight is 199 g/mol. The third kappa shape index (κ3) is 1.29. The van der Waals surface area contributed by atoms with Crippen LogP contribution >= 0.6 is 0 Å². The number of nitrogens with zero attached hydrogens (tertiary/aromatic N) is 1. The first-order valence-corrected chi connectivity index (χ1v) is 5.68. The van der Waals surface area contributed by atoms with E-state index in [4.69, 9.17) is 0 Å².